The molecule has 3 aromatic rings. The fourth-order valence-electron chi connectivity index (χ4n) is 2.65. The standard InChI is InChI=1S/C20H23N5O/c26-20(22-11-4-7-17-5-2-1-3-6-17)23-14-16-25-15-10-19(24-25)18-8-12-21-13-9-18/h1-3,5-6,8-10,12-13,15H,4,7,11,14,16H2,(H2,22,23,26). The molecule has 6 heteroatoms. The summed E-state index contributed by atoms with van der Waals surface area (Å²) >= 11 is 0. The Kier molecular flexibility index (Phi) is 6.36. The van der Waals surface area contributed by atoms with Gasteiger partial charge in [0, 0.05) is 37.2 Å². The van der Waals surface area contributed by atoms with Crippen LogP contribution >= 0.6 is 0 Å². The van der Waals surface area contributed by atoms with Gasteiger partial charge in [-0.05, 0) is 36.6 Å². The van der Waals surface area contributed by atoms with Crippen molar-refractivity contribution < 1.29 is 4.79 Å². The van der Waals surface area contributed by atoms with Crippen LogP contribution in [0.15, 0.2) is 67.1 Å². The Bertz CT molecular complexity index is 801. The quantitative estimate of drug-likeness (QED) is 0.614. The first kappa shape index (κ1) is 17.7. The molecule has 2 heterocycles. The van der Waals surface area contributed by atoms with Crippen LogP contribution in [0.25, 0.3) is 11.3 Å². The Morgan fingerprint density at radius 2 is 1.73 bits per heavy atom. The molecule has 0 fully saturated rings. The topological polar surface area (TPSA) is 71.8 Å². The highest BCUT2D eigenvalue weighted by Crippen LogP contribution is 2.14. The van der Waals surface area contributed by atoms with Crippen LogP contribution in [-0.2, 0) is 13.0 Å². The molecule has 0 spiro atoms. The number of carbonyl (C=O) groups is 1. The van der Waals surface area contributed by atoms with Gasteiger partial charge in [0.25, 0.3) is 0 Å². The van der Waals surface area contributed by atoms with Crippen LogP contribution in [0.1, 0.15) is 12.0 Å². The largest absolute Gasteiger partial charge is 0.338 e. The Hall–Kier alpha value is -3.15. The maximum atomic E-state index is 11.8. The fraction of sp³-hybridized carbons (Fsp3) is 0.250. The van der Waals surface area contributed by atoms with E-state index in [1.807, 2.05) is 47.3 Å². The molecule has 1 aromatic carbocycles. The monoisotopic (exact) mass is 349 g/mol. The molecular formula is C20H23N5O. The normalized spacial score (nSPS) is 10.5. The number of benzene rings is 1. The van der Waals surface area contributed by atoms with Gasteiger partial charge in [-0.3, -0.25) is 9.67 Å². The average molecular weight is 349 g/mol. The van der Waals surface area contributed by atoms with E-state index in [1.54, 1.807) is 12.4 Å². The minimum absolute atomic E-state index is 0.139. The number of amides is 2. The zero-order valence-corrected chi connectivity index (χ0v) is 14.6. The van der Waals surface area contributed by atoms with Gasteiger partial charge in [-0.2, -0.15) is 5.10 Å². The molecule has 0 saturated carbocycles. The van der Waals surface area contributed by atoms with Crippen LogP contribution in [0.5, 0.6) is 0 Å². The Morgan fingerprint density at radius 1 is 0.962 bits per heavy atom. The van der Waals surface area contributed by atoms with Crippen molar-refractivity contribution in [3.63, 3.8) is 0 Å². The summed E-state index contributed by atoms with van der Waals surface area (Å²) in [4.78, 5) is 15.8. The van der Waals surface area contributed by atoms with Crippen LogP contribution in [0.3, 0.4) is 0 Å². The van der Waals surface area contributed by atoms with Gasteiger partial charge in [-0.25, -0.2) is 4.79 Å². The van der Waals surface area contributed by atoms with Gasteiger partial charge in [0.05, 0.1) is 12.2 Å². The van der Waals surface area contributed by atoms with Crippen molar-refractivity contribution >= 4 is 6.03 Å². The third-order valence-corrected chi connectivity index (χ3v) is 4.01. The molecule has 26 heavy (non-hydrogen) atoms. The third kappa shape index (κ3) is 5.44. The van der Waals surface area contributed by atoms with E-state index in [0.717, 1.165) is 24.1 Å². The Morgan fingerprint density at radius 3 is 2.54 bits per heavy atom. The van der Waals surface area contributed by atoms with Crippen molar-refractivity contribution in [2.24, 2.45) is 0 Å². The van der Waals surface area contributed by atoms with Gasteiger partial charge >= 0.3 is 6.03 Å². The van der Waals surface area contributed by atoms with E-state index in [2.05, 4.69) is 32.8 Å². The minimum Gasteiger partial charge on any atom is -0.338 e. The summed E-state index contributed by atoms with van der Waals surface area (Å²) in [6.45, 7) is 1.82. The minimum atomic E-state index is -0.139. The maximum Gasteiger partial charge on any atom is 0.314 e. The summed E-state index contributed by atoms with van der Waals surface area (Å²) in [5, 5.41) is 10.2. The molecule has 0 atom stereocenters. The van der Waals surface area contributed by atoms with E-state index >= 15 is 0 Å². The molecular weight excluding hydrogens is 326 g/mol. The number of pyridine rings is 1. The molecule has 0 bridgehead atoms. The van der Waals surface area contributed by atoms with E-state index in [-0.39, 0.29) is 6.03 Å². The van der Waals surface area contributed by atoms with Crippen molar-refractivity contribution in [2.75, 3.05) is 13.1 Å². The van der Waals surface area contributed by atoms with Crippen molar-refractivity contribution in [3.8, 4) is 11.3 Å². The van der Waals surface area contributed by atoms with Gasteiger partial charge in [0.1, 0.15) is 0 Å². The van der Waals surface area contributed by atoms with Crippen molar-refractivity contribution in [3.05, 3.63) is 72.7 Å². The molecule has 134 valence electrons. The second kappa shape index (κ2) is 9.36. The van der Waals surface area contributed by atoms with Crippen LogP contribution < -0.4 is 10.6 Å². The predicted octanol–water partition coefficient (Wildman–Crippen LogP) is 2.88. The van der Waals surface area contributed by atoms with Crippen LogP contribution in [0.2, 0.25) is 0 Å². The molecule has 0 aliphatic heterocycles. The second-order valence-electron chi connectivity index (χ2n) is 5.97. The summed E-state index contributed by atoms with van der Waals surface area (Å²) in [6.07, 6.45) is 7.30. The lowest BCUT2D eigenvalue weighted by Crippen LogP contribution is -2.37. The molecule has 0 aliphatic carbocycles. The molecule has 2 aromatic heterocycles. The van der Waals surface area contributed by atoms with E-state index in [9.17, 15) is 4.79 Å². The number of hydrogen-bond acceptors (Lipinski definition) is 3. The Labute approximate surface area is 153 Å². The lowest BCUT2D eigenvalue weighted by Gasteiger charge is -2.08. The van der Waals surface area contributed by atoms with Crippen LogP contribution in [0.4, 0.5) is 4.79 Å². The molecule has 0 radical (unpaired) electrons. The molecule has 0 aliphatic rings. The first-order valence-electron chi connectivity index (χ1n) is 8.81. The first-order chi connectivity index (χ1) is 12.8. The number of carbonyl (C=O) groups excluding carboxylic acids is 1. The van der Waals surface area contributed by atoms with Gasteiger partial charge in [-0.15, -0.1) is 0 Å². The molecule has 6 nitrogen and oxygen atoms in total. The molecule has 0 unspecified atom stereocenters. The third-order valence-electron chi connectivity index (χ3n) is 4.01. The van der Waals surface area contributed by atoms with Gasteiger partial charge in [0.15, 0.2) is 0 Å². The van der Waals surface area contributed by atoms with Crippen molar-refractivity contribution in [1.82, 2.24) is 25.4 Å². The van der Waals surface area contributed by atoms with Crippen LogP contribution in [0, 0.1) is 0 Å². The highest BCUT2D eigenvalue weighted by molar-refractivity contribution is 5.73. The molecule has 2 N–H and O–H groups in total. The zero-order chi connectivity index (χ0) is 18.0. The summed E-state index contributed by atoms with van der Waals surface area (Å²) in [6, 6.07) is 15.9. The first-order valence-corrected chi connectivity index (χ1v) is 8.81. The lowest BCUT2D eigenvalue weighted by molar-refractivity contribution is 0.240. The summed E-state index contributed by atoms with van der Waals surface area (Å²) < 4.78 is 1.82. The number of hydrogen-bond donors (Lipinski definition) is 2. The smallest absolute Gasteiger partial charge is 0.314 e. The predicted molar refractivity (Wildman–Crippen MR) is 102 cm³/mol. The van der Waals surface area contributed by atoms with Gasteiger partial charge < -0.3 is 10.6 Å². The van der Waals surface area contributed by atoms with Crippen LogP contribution in [-0.4, -0.2) is 33.9 Å². The number of nitrogens with one attached hydrogen (secondary N) is 2. The summed E-state index contributed by atoms with van der Waals surface area (Å²) in [5.74, 6) is 0. The van der Waals surface area contributed by atoms with E-state index in [1.165, 1.54) is 5.56 Å². The number of nitrogens with zero attached hydrogens (tertiary/aromatic N) is 3. The lowest BCUT2D eigenvalue weighted by atomic mass is 10.1. The zero-order valence-electron chi connectivity index (χ0n) is 14.6. The van der Waals surface area contributed by atoms with E-state index in [4.69, 9.17) is 0 Å². The fourth-order valence-corrected chi connectivity index (χ4v) is 2.65. The summed E-state index contributed by atoms with van der Waals surface area (Å²) in [5.41, 5.74) is 3.22. The average Bonchev–Trinajstić information content (AvgIpc) is 3.16. The molecule has 0 saturated heterocycles. The Balaban J connectivity index is 1.32. The highest BCUT2D eigenvalue weighted by atomic mass is 16.2. The maximum absolute atomic E-state index is 11.8. The highest BCUT2D eigenvalue weighted by Gasteiger charge is 2.03. The summed E-state index contributed by atoms with van der Waals surface area (Å²) in [7, 11) is 0. The molecule has 3 rings (SSSR count). The van der Waals surface area contributed by atoms with Crippen molar-refractivity contribution in [2.45, 2.75) is 19.4 Å². The van der Waals surface area contributed by atoms with E-state index in [0.29, 0.717) is 19.6 Å². The number of rotatable bonds is 8. The SMILES string of the molecule is O=C(NCCCc1ccccc1)NCCn1ccc(-c2ccncc2)n1. The van der Waals surface area contributed by atoms with E-state index < -0.39 is 0 Å². The van der Waals surface area contributed by atoms with Gasteiger partial charge in [0.2, 0.25) is 0 Å². The number of aryl methyl sites for hydroxylation is 1. The second-order valence-corrected chi connectivity index (χ2v) is 5.97. The van der Waals surface area contributed by atoms with Gasteiger partial charge in [-0.1, -0.05) is 30.3 Å². The molecule has 2 amide bonds. The van der Waals surface area contributed by atoms with Crippen molar-refractivity contribution in [1.29, 1.82) is 0 Å². The number of urea groups is 1. The number of aromatic nitrogens is 3.